The highest BCUT2D eigenvalue weighted by molar-refractivity contribution is 5.78. The van der Waals surface area contributed by atoms with Crippen molar-refractivity contribution in [1.29, 1.82) is 0 Å². The Balaban J connectivity index is 1.28. The molecule has 1 aliphatic heterocycles. The number of carbonyl (C=O) groups is 1. The zero-order valence-corrected chi connectivity index (χ0v) is 21.6. The molecule has 196 valence electrons. The number of likely N-dealkylation sites (tertiary alicyclic amines) is 1. The van der Waals surface area contributed by atoms with Crippen LogP contribution in [0.1, 0.15) is 56.6 Å². The standard InChI is InChI=1S/C28H36N6O3/c1-19(2)37-24-17-33(18-24)27(36)14-21-6-4-3-5-20-13-22(7-8-25(20)21)26-9-10-29-28(32-26)31-23-15-30-34(16-23)11-12-35/h7-10,13,15-16,19,21,24,35H,3-6,11-12,14,17-18H2,1-2H3,(H,29,31,32)/t21-/m0/s1. The van der Waals surface area contributed by atoms with E-state index >= 15 is 0 Å². The molecule has 2 aliphatic rings. The molecule has 1 fully saturated rings. The second kappa shape index (κ2) is 11.4. The molecule has 2 N–H and O–H groups in total. The first-order valence-corrected chi connectivity index (χ1v) is 13.3. The van der Waals surface area contributed by atoms with Crippen molar-refractivity contribution in [1.82, 2.24) is 24.6 Å². The fourth-order valence-electron chi connectivity index (χ4n) is 5.27. The fourth-order valence-corrected chi connectivity index (χ4v) is 5.27. The van der Waals surface area contributed by atoms with Crippen LogP contribution in [-0.2, 0) is 22.5 Å². The lowest BCUT2D eigenvalue weighted by Gasteiger charge is -2.40. The highest BCUT2D eigenvalue weighted by Gasteiger charge is 2.33. The molecule has 2 aromatic heterocycles. The lowest BCUT2D eigenvalue weighted by atomic mass is 9.88. The van der Waals surface area contributed by atoms with Crippen LogP contribution in [0, 0.1) is 0 Å². The van der Waals surface area contributed by atoms with Gasteiger partial charge in [-0.2, -0.15) is 5.10 Å². The maximum atomic E-state index is 13.0. The van der Waals surface area contributed by atoms with Crippen molar-refractivity contribution < 1.29 is 14.6 Å². The first-order chi connectivity index (χ1) is 18.0. The summed E-state index contributed by atoms with van der Waals surface area (Å²) in [5, 5.41) is 16.5. The van der Waals surface area contributed by atoms with Gasteiger partial charge in [-0.1, -0.05) is 18.6 Å². The summed E-state index contributed by atoms with van der Waals surface area (Å²) in [6, 6.07) is 8.46. The van der Waals surface area contributed by atoms with E-state index in [0.717, 1.165) is 42.6 Å². The van der Waals surface area contributed by atoms with Crippen molar-refractivity contribution in [2.45, 2.75) is 70.6 Å². The normalized spacial score (nSPS) is 17.8. The van der Waals surface area contributed by atoms with Gasteiger partial charge in [0, 0.05) is 37.5 Å². The van der Waals surface area contributed by atoms with Crippen LogP contribution >= 0.6 is 0 Å². The van der Waals surface area contributed by atoms with Crippen LogP contribution in [0.4, 0.5) is 11.6 Å². The summed E-state index contributed by atoms with van der Waals surface area (Å²) in [5.74, 6) is 0.982. The number of ether oxygens (including phenoxy) is 1. The topological polar surface area (TPSA) is 105 Å². The van der Waals surface area contributed by atoms with E-state index in [9.17, 15) is 4.79 Å². The van der Waals surface area contributed by atoms with E-state index in [-0.39, 0.29) is 30.6 Å². The first kappa shape index (κ1) is 25.4. The largest absolute Gasteiger partial charge is 0.394 e. The number of aliphatic hydroxyl groups excluding tert-OH is 1. The van der Waals surface area contributed by atoms with E-state index in [2.05, 4.69) is 33.6 Å². The van der Waals surface area contributed by atoms with Gasteiger partial charge in [-0.25, -0.2) is 9.97 Å². The van der Waals surface area contributed by atoms with Crippen molar-refractivity contribution in [3.8, 4) is 11.3 Å². The summed E-state index contributed by atoms with van der Waals surface area (Å²) in [5.41, 5.74) is 5.27. The zero-order chi connectivity index (χ0) is 25.8. The van der Waals surface area contributed by atoms with Crippen LogP contribution in [-0.4, -0.2) is 67.6 Å². The molecular formula is C28H36N6O3. The maximum Gasteiger partial charge on any atom is 0.227 e. The minimum atomic E-state index is 0.0342. The smallest absolute Gasteiger partial charge is 0.227 e. The number of aryl methyl sites for hydroxylation is 1. The summed E-state index contributed by atoms with van der Waals surface area (Å²) in [7, 11) is 0. The van der Waals surface area contributed by atoms with Crippen molar-refractivity contribution in [3.05, 3.63) is 54.0 Å². The number of amides is 1. The Labute approximate surface area is 217 Å². The summed E-state index contributed by atoms with van der Waals surface area (Å²) < 4.78 is 7.48. The molecule has 0 bridgehead atoms. The number of nitrogens with one attached hydrogen (secondary N) is 1. The second-order valence-electron chi connectivity index (χ2n) is 10.3. The quantitative estimate of drug-likeness (QED) is 0.426. The summed E-state index contributed by atoms with van der Waals surface area (Å²) in [6.45, 7) is 5.97. The molecule has 1 atom stereocenters. The van der Waals surface area contributed by atoms with E-state index in [0.29, 0.717) is 32.0 Å². The van der Waals surface area contributed by atoms with Crippen molar-refractivity contribution in [2.24, 2.45) is 0 Å². The lowest BCUT2D eigenvalue weighted by molar-refractivity contribution is -0.148. The van der Waals surface area contributed by atoms with Crippen LogP contribution in [0.5, 0.6) is 0 Å². The number of hydrogen-bond acceptors (Lipinski definition) is 7. The van der Waals surface area contributed by atoms with Gasteiger partial charge in [-0.05, 0) is 62.3 Å². The number of fused-ring (bicyclic) bond motifs is 1. The van der Waals surface area contributed by atoms with Crippen LogP contribution in [0.15, 0.2) is 42.9 Å². The molecule has 0 radical (unpaired) electrons. The van der Waals surface area contributed by atoms with Gasteiger partial charge in [0.2, 0.25) is 11.9 Å². The molecule has 3 heterocycles. The molecule has 0 unspecified atom stereocenters. The molecule has 0 saturated carbocycles. The number of carbonyl (C=O) groups excluding carboxylic acids is 1. The van der Waals surface area contributed by atoms with Gasteiger partial charge >= 0.3 is 0 Å². The van der Waals surface area contributed by atoms with Gasteiger partial charge in [0.15, 0.2) is 0 Å². The van der Waals surface area contributed by atoms with Gasteiger partial charge in [0.05, 0.1) is 42.9 Å². The third kappa shape index (κ3) is 6.17. The number of hydrogen-bond donors (Lipinski definition) is 2. The minimum absolute atomic E-state index is 0.0342. The molecule has 1 aromatic carbocycles. The van der Waals surface area contributed by atoms with Gasteiger partial charge < -0.3 is 20.1 Å². The first-order valence-electron chi connectivity index (χ1n) is 13.3. The Hall–Kier alpha value is -3.30. The van der Waals surface area contributed by atoms with Gasteiger partial charge in [-0.3, -0.25) is 9.48 Å². The minimum Gasteiger partial charge on any atom is -0.394 e. The van der Waals surface area contributed by atoms with Gasteiger partial charge in [0.1, 0.15) is 0 Å². The Morgan fingerprint density at radius 3 is 2.92 bits per heavy atom. The molecular weight excluding hydrogens is 468 g/mol. The van der Waals surface area contributed by atoms with Gasteiger partial charge in [-0.15, -0.1) is 0 Å². The third-order valence-corrected chi connectivity index (χ3v) is 7.09. The Bertz CT molecular complexity index is 1220. The Morgan fingerprint density at radius 1 is 1.24 bits per heavy atom. The molecule has 0 spiro atoms. The van der Waals surface area contributed by atoms with E-state index in [1.165, 1.54) is 11.1 Å². The lowest BCUT2D eigenvalue weighted by Crippen LogP contribution is -2.55. The average molecular weight is 505 g/mol. The molecule has 3 aromatic rings. The highest BCUT2D eigenvalue weighted by Crippen LogP contribution is 2.36. The van der Waals surface area contributed by atoms with E-state index in [1.54, 1.807) is 17.1 Å². The van der Waals surface area contributed by atoms with Crippen LogP contribution in [0.2, 0.25) is 0 Å². The van der Waals surface area contributed by atoms with Gasteiger partial charge in [0.25, 0.3) is 0 Å². The fraction of sp³-hybridized carbons (Fsp3) is 0.500. The van der Waals surface area contributed by atoms with Crippen molar-refractivity contribution in [3.63, 3.8) is 0 Å². The van der Waals surface area contributed by atoms with E-state index < -0.39 is 0 Å². The van der Waals surface area contributed by atoms with Crippen LogP contribution in [0.25, 0.3) is 11.3 Å². The maximum absolute atomic E-state index is 13.0. The zero-order valence-electron chi connectivity index (χ0n) is 21.6. The molecule has 1 amide bonds. The molecule has 9 nitrogen and oxygen atoms in total. The number of aliphatic hydroxyl groups is 1. The number of nitrogens with zero attached hydrogens (tertiary/aromatic N) is 5. The third-order valence-electron chi connectivity index (χ3n) is 7.09. The summed E-state index contributed by atoms with van der Waals surface area (Å²) >= 11 is 0. The van der Waals surface area contributed by atoms with E-state index in [1.807, 2.05) is 31.0 Å². The summed E-state index contributed by atoms with van der Waals surface area (Å²) in [6.07, 6.45) is 10.5. The number of rotatable bonds is 9. The average Bonchev–Trinajstić information content (AvgIpc) is 3.19. The molecule has 9 heteroatoms. The predicted molar refractivity (Wildman–Crippen MR) is 142 cm³/mol. The predicted octanol–water partition coefficient (Wildman–Crippen LogP) is 3.91. The van der Waals surface area contributed by atoms with Crippen molar-refractivity contribution >= 4 is 17.5 Å². The number of benzene rings is 1. The van der Waals surface area contributed by atoms with Crippen LogP contribution in [0.3, 0.4) is 0 Å². The van der Waals surface area contributed by atoms with E-state index in [4.69, 9.17) is 14.8 Å². The molecule has 1 aliphatic carbocycles. The Kier molecular flexibility index (Phi) is 7.81. The molecule has 5 rings (SSSR count). The number of aromatic nitrogens is 4. The molecule has 1 saturated heterocycles. The Morgan fingerprint density at radius 2 is 2.11 bits per heavy atom. The monoisotopic (exact) mass is 504 g/mol. The second-order valence-corrected chi connectivity index (χ2v) is 10.3. The molecule has 37 heavy (non-hydrogen) atoms. The number of anilines is 2. The van der Waals surface area contributed by atoms with Crippen molar-refractivity contribution in [2.75, 3.05) is 25.0 Å². The summed E-state index contributed by atoms with van der Waals surface area (Å²) in [4.78, 5) is 24.0. The van der Waals surface area contributed by atoms with Crippen LogP contribution < -0.4 is 5.32 Å². The highest BCUT2D eigenvalue weighted by atomic mass is 16.5. The SMILES string of the molecule is CC(C)OC1CN(C(=O)C[C@@H]2CCCCc3cc(-c4ccnc(Nc5cnn(CCO)c5)n4)ccc32)C1.